The maximum absolute atomic E-state index is 5.85. The molecular formula is C7H4BrClN2. The lowest BCUT2D eigenvalue weighted by Crippen LogP contribution is -1.87. The molecule has 0 spiro atoms. The third kappa shape index (κ3) is 1.04. The van der Waals surface area contributed by atoms with Crippen molar-refractivity contribution >= 4 is 33.0 Å². The van der Waals surface area contributed by atoms with E-state index in [9.17, 15) is 0 Å². The second-order valence-corrected chi connectivity index (χ2v) is 3.38. The van der Waals surface area contributed by atoms with Crippen LogP contribution in [0.1, 0.15) is 0 Å². The van der Waals surface area contributed by atoms with Crippen LogP contribution in [0.5, 0.6) is 0 Å². The van der Waals surface area contributed by atoms with E-state index in [1.807, 2.05) is 18.2 Å². The Balaban J connectivity index is 2.95. The third-order valence-electron chi connectivity index (χ3n) is 1.44. The van der Waals surface area contributed by atoms with Crippen molar-refractivity contribution in [2.45, 2.75) is 0 Å². The molecule has 0 bridgehead atoms. The fourth-order valence-corrected chi connectivity index (χ4v) is 1.86. The Hall–Kier alpha value is -0.540. The lowest BCUT2D eigenvalue weighted by atomic mass is 10.5. The summed E-state index contributed by atoms with van der Waals surface area (Å²) >= 11 is 9.22. The lowest BCUT2D eigenvalue weighted by Gasteiger charge is -1.91. The second kappa shape index (κ2) is 2.50. The van der Waals surface area contributed by atoms with Crippen LogP contribution in [0.4, 0.5) is 0 Å². The Morgan fingerprint density at radius 1 is 1.55 bits per heavy atom. The van der Waals surface area contributed by atoms with Gasteiger partial charge in [-0.05, 0) is 34.1 Å². The van der Waals surface area contributed by atoms with Crippen molar-refractivity contribution in [1.29, 1.82) is 0 Å². The Labute approximate surface area is 76.9 Å². The topological polar surface area (TPSA) is 17.3 Å². The molecule has 0 saturated carbocycles. The van der Waals surface area contributed by atoms with Gasteiger partial charge in [-0.25, -0.2) is 4.52 Å². The van der Waals surface area contributed by atoms with Gasteiger partial charge in [-0.15, -0.1) is 0 Å². The first-order valence-electron chi connectivity index (χ1n) is 3.07. The van der Waals surface area contributed by atoms with Crippen LogP contribution in [0.15, 0.2) is 28.9 Å². The molecule has 2 nitrogen and oxygen atoms in total. The Bertz CT molecular complexity index is 360. The summed E-state index contributed by atoms with van der Waals surface area (Å²) < 4.78 is 2.64. The van der Waals surface area contributed by atoms with Crippen LogP contribution in [0.2, 0.25) is 5.15 Å². The van der Waals surface area contributed by atoms with E-state index in [0.717, 1.165) is 9.99 Å². The number of aromatic nitrogens is 2. The quantitative estimate of drug-likeness (QED) is 0.681. The molecule has 2 rings (SSSR count). The molecule has 4 heteroatoms. The minimum absolute atomic E-state index is 0.618. The van der Waals surface area contributed by atoms with Crippen molar-refractivity contribution in [2.24, 2.45) is 0 Å². The number of rotatable bonds is 0. The fourth-order valence-electron chi connectivity index (χ4n) is 0.963. The van der Waals surface area contributed by atoms with E-state index in [-0.39, 0.29) is 0 Å². The first-order chi connectivity index (χ1) is 5.29. The van der Waals surface area contributed by atoms with Gasteiger partial charge in [0, 0.05) is 10.7 Å². The Kier molecular flexibility index (Phi) is 1.62. The Morgan fingerprint density at radius 2 is 2.36 bits per heavy atom. The van der Waals surface area contributed by atoms with Crippen LogP contribution in [-0.4, -0.2) is 9.61 Å². The average Bonchev–Trinajstić information content (AvgIpc) is 2.30. The van der Waals surface area contributed by atoms with Crippen molar-refractivity contribution in [1.82, 2.24) is 9.61 Å². The minimum atomic E-state index is 0.618. The van der Waals surface area contributed by atoms with Crippen molar-refractivity contribution in [2.75, 3.05) is 0 Å². The van der Waals surface area contributed by atoms with Gasteiger partial charge in [0.25, 0.3) is 0 Å². The number of fused-ring (bicyclic) bond motifs is 1. The van der Waals surface area contributed by atoms with Gasteiger partial charge in [0.2, 0.25) is 0 Å². The fraction of sp³-hybridized carbons (Fsp3) is 0. The molecule has 0 fully saturated rings. The lowest BCUT2D eigenvalue weighted by molar-refractivity contribution is 0.941. The van der Waals surface area contributed by atoms with E-state index in [4.69, 9.17) is 11.6 Å². The minimum Gasteiger partial charge on any atom is -0.221 e. The highest BCUT2D eigenvalue weighted by Crippen LogP contribution is 2.23. The summed E-state index contributed by atoms with van der Waals surface area (Å²) in [6.07, 6.45) is 1.70. The van der Waals surface area contributed by atoms with Gasteiger partial charge in [0.15, 0.2) is 0 Å². The van der Waals surface area contributed by atoms with Gasteiger partial charge >= 0.3 is 0 Å². The van der Waals surface area contributed by atoms with E-state index >= 15 is 0 Å². The zero-order valence-electron chi connectivity index (χ0n) is 5.46. The van der Waals surface area contributed by atoms with Gasteiger partial charge < -0.3 is 0 Å². The Morgan fingerprint density at radius 3 is 3.09 bits per heavy atom. The maximum Gasteiger partial charge on any atom is 0.132 e. The van der Waals surface area contributed by atoms with Crippen molar-refractivity contribution in [3.8, 4) is 0 Å². The van der Waals surface area contributed by atoms with E-state index in [2.05, 4.69) is 21.0 Å². The highest BCUT2D eigenvalue weighted by molar-refractivity contribution is 9.10. The van der Waals surface area contributed by atoms with Crippen LogP contribution in [0.25, 0.3) is 5.52 Å². The van der Waals surface area contributed by atoms with Gasteiger partial charge in [0.1, 0.15) is 5.15 Å². The van der Waals surface area contributed by atoms with Crippen molar-refractivity contribution in [3.63, 3.8) is 0 Å². The molecule has 2 heterocycles. The van der Waals surface area contributed by atoms with E-state index < -0.39 is 0 Å². The molecule has 0 unspecified atom stereocenters. The molecule has 0 radical (unpaired) electrons. The van der Waals surface area contributed by atoms with E-state index in [0.29, 0.717) is 5.15 Å². The van der Waals surface area contributed by atoms with Crippen LogP contribution in [0.3, 0.4) is 0 Å². The largest absolute Gasteiger partial charge is 0.221 e. The summed E-state index contributed by atoms with van der Waals surface area (Å²) in [5, 5.41) is 4.67. The highest BCUT2D eigenvalue weighted by Gasteiger charge is 2.03. The number of nitrogens with zero attached hydrogens (tertiary/aromatic N) is 2. The standard InChI is InChI=1S/C7H4BrClN2/c8-5-4-7(9)11-6(5)2-1-3-10-11/h1-4H. The van der Waals surface area contributed by atoms with E-state index in [1.54, 1.807) is 10.7 Å². The monoisotopic (exact) mass is 230 g/mol. The summed E-state index contributed by atoms with van der Waals surface area (Å²) in [4.78, 5) is 0. The molecule has 0 saturated heterocycles. The SMILES string of the molecule is Clc1cc(Br)c2cccnn12. The molecule has 0 aliphatic heterocycles. The van der Waals surface area contributed by atoms with Gasteiger partial charge in [-0.1, -0.05) is 11.6 Å². The van der Waals surface area contributed by atoms with Crippen molar-refractivity contribution < 1.29 is 0 Å². The summed E-state index contributed by atoms with van der Waals surface area (Å²) in [6.45, 7) is 0. The molecule has 2 aromatic rings. The smallest absolute Gasteiger partial charge is 0.132 e. The van der Waals surface area contributed by atoms with Crippen LogP contribution >= 0.6 is 27.5 Å². The number of hydrogen-bond acceptors (Lipinski definition) is 1. The predicted molar refractivity (Wildman–Crippen MR) is 47.9 cm³/mol. The molecule has 56 valence electrons. The number of halogens is 2. The van der Waals surface area contributed by atoms with Gasteiger partial charge in [0.05, 0.1) is 5.52 Å². The van der Waals surface area contributed by atoms with Crippen LogP contribution in [-0.2, 0) is 0 Å². The predicted octanol–water partition coefficient (Wildman–Crippen LogP) is 2.75. The first-order valence-corrected chi connectivity index (χ1v) is 4.24. The third-order valence-corrected chi connectivity index (χ3v) is 2.35. The molecule has 0 N–H and O–H groups in total. The highest BCUT2D eigenvalue weighted by atomic mass is 79.9. The maximum atomic E-state index is 5.85. The summed E-state index contributed by atoms with van der Waals surface area (Å²) in [5.74, 6) is 0. The molecule has 0 aliphatic carbocycles. The van der Waals surface area contributed by atoms with Gasteiger partial charge in [-0.3, -0.25) is 0 Å². The van der Waals surface area contributed by atoms with Crippen molar-refractivity contribution in [3.05, 3.63) is 34.0 Å². The first kappa shape index (κ1) is 7.13. The molecule has 2 aromatic heterocycles. The molecule has 0 aromatic carbocycles. The molecule has 11 heavy (non-hydrogen) atoms. The van der Waals surface area contributed by atoms with Crippen LogP contribution in [0, 0.1) is 0 Å². The zero-order valence-corrected chi connectivity index (χ0v) is 7.80. The summed E-state index contributed by atoms with van der Waals surface area (Å²) in [5.41, 5.74) is 0.984. The normalized spacial score (nSPS) is 10.7. The van der Waals surface area contributed by atoms with E-state index in [1.165, 1.54) is 0 Å². The number of hydrogen-bond donors (Lipinski definition) is 0. The molecule has 0 atom stereocenters. The molecule has 0 amide bonds. The van der Waals surface area contributed by atoms with Gasteiger partial charge in [-0.2, -0.15) is 5.10 Å². The summed E-state index contributed by atoms with van der Waals surface area (Å²) in [7, 11) is 0. The zero-order chi connectivity index (χ0) is 7.84. The average molecular weight is 231 g/mol. The molecular weight excluding hydrogens is 227 g/mol. The summed E-state index contributed by atoms with van der Waals surface area (Å²) in [6, 6.07) is 5.64. The van der Waals surface area contributed by atoms with Crippen LogP contribution < -0.4 is 0 Å². The molecule has 0 aliphatic rings. The second-order valence-electron chi connectivity index (χ2n) is 2.14.